The van der Waals surface area contributed by atoms with Gasteiger partial charge in [-0.3, -0.25) is 4.28 Å². The van der Waals surface area contributed by atoms with Crippen LogP contribution in [0.15, 0.2) is 82.8 Å². The van der Waals surface area contributed by atoms with Crippen molar-refractivity contribution in [3.63, 3.8) is 0 Å². The van der Waals surface area contributed by atoms with E-state index in [1.165, 1.54) is 24.3 Å². The summed E-state index contributed by atoms with van der Waals surface area (Å²) in [6, 6.07) is 21.2. The molecule has 0 radical (unpaired) electrons. The molecule has 0 amide bonds. The van der Waals surface area contributed by atoms with Crippen molar-refractivity contribution in [2.75, 3.05) is 0 Å². The van der Waals surface area contributed by atoms with Crippen molar-refractivity contribution in [3.8, 4) is 5.75 Å². The van der Waals surface area contributed by atoms with Gasteiger partial charge >= 0.3 is 10.1 Å². The summed E-state index contributed by atoms with van der Waals surface area (Å²) in [6.07, 6.45) is 0.522. The van der Waals surface area contributed by atoms with E-state index in [0.29, 0.717) is 29.5 Å². The van der Waals surface area contributed by atoms with E-state index < -0.39 is 10.1 Å². The van der Waals surface area contributed by atoms with Crippen LogP contribution in [-0.2, 0) is 27.4 Å². The van der Waals surface area contributed by atoms with Gasteiger partial charge in [0, 0.05) is 17.0 Å². The van der Waals surface area contributed by atoms with E-state index >= 15 is 0 Å². The van der Waals surface area contributed by atoms with Crippen LogP contribution in [0.25, 0.3) is 0 Å². The summed E-state index contributed by atoms with van der Waals surface area (Å²) < 4.78 is 35.4. The number of rotatable bonds is 6. The van der Waals surface area contributed by atoms with Gasteiger partial charge in [0.25, 0.3) is 0 Å². The Kier molecular flexibility index (Phi) is 5.07. The van der Waals surface area contributed by atoms with Gasteiger partial charge in [-0.15, -0.1) is 0 Å². The molecule has 0 spiro atoms. The number of hydrogen-bond donors (Lipinski definition) is 0. The number of fused-ring (bicyclic) bond motifs is 1. The molecule has 0 unspecified atom stereocenters. The molecule has 0 heterocycles. The van der Waals surface area contributed by atoms with Gasteiger partial charge in [-0.25, -0.2) is 0 Å². The highest BCUT2D eigenvalue weighted by Gasteiger charge is 2.27. The number of oxime groups is 1. The summed E-state index contributed by atoms with van der Waals surface area (Å²) >= 11 is 5.79. The van der Waals surface area contributed by atoms with Crippen LogP contribution >= 0.6 is 11.6 Å². The number of hydrogen-bond acceptors (Lipinski definition) is 5. The lowest BCUT2D eigenvalue weighted by atomic mass is 9.85. The first kappa shape index (κ1) is 18.5. The van der Waals surface area contributed by atoms with Gasteiger partial charge in [0.05, 0.1) is 5.71 Å². The van der Waals surface area contributed by atoms with Crippen molar-refractivity contribution in [1.82, 2.24) is 0 Å². The summed E-state index contributed by atoms with van der Waals surface area (Å²) in [5, 5.41) is 4.32. The number of benzene rings is 3. The van der Waals surface area contributed by atoms with Crippen LogP contribution in [0.3, 0.4) is 0 Å². The molecular formula is C21H16ClNO4S. The Hall–Kier alpha value is -2.83. The summed E-state index contributed by atoms with van der Waals surface area (Å²) in [5.41, 5.74) is 3.40. The van der Waals surface area contributed by atoms with E-state index in [1.54, 1.807) is 0 Å². The lowest BCUT2D eigenvalue weighted by molar-refractivity contribution is 0.303. The van der Waals surface area contributed by atoms with Crippen LogP contribution in [0.2, 0.25) is 5.02 Å². The average Bonchev–Trinajstić information content (AvgIpc) is 2.68. The average molecular weight is 414 g/mol. The first-order chi connectivity index (χ1) is 13.5. The predicted molar refractivity (Wildman–Crippen MR) is 107 cm³/mol. The number of nitrogens with zero attached hydrogens (tertiary/aromatic N) is 1. The lowest BCUT2D eigenvalue weighted by Gasteiger charge is -2.23. The minimum Gasteiger partial charge on any atom is -0.488 e. The molecule has 3 aromatic carbocycles. The molecular weight excluding hydrogens is 398 g/mol. The topological polar surface area (TPSA) is 65.0 Å². The zero-order valence-corrected chi connectivity index (χ0v) is 16.3. The number of ether oxygens (including phenoxy) is 1. The zero-order chi connectivity index (χ0) is 19.6. The van der Waals surface area contributed by atoms with Crippen molar-refractivity contribution in [2.24, 2.45) is 5.16 Å². The van der Waals surface area contributed by atoms with E-state index in [4.69, 9.17) is 20.6 Å². The quantitative estimate of drug-likeness (QED) is 0.554. The highest BCUT2D eigenvalue weighted by atomic mass is 35.5. The van der Waals surface area contributed by atoms with Gasteiger partial charge in [-0.2, -0.15) is 8.42 Å². The molecule has 0 N–H and O–H groups in total. The molecule has 1 aliphatic carbocycles. The van der Waals surface area contributed by atoms with Crippen molar-refractivity contribution in [3.05, 3.63) is 94.5 Å². The zero-order valence-electron chi connectivity index (χ0n) is 14.7. The van der Waals surface area contributed by atoms with E-state index in [-0.39, 0.29) is 4.90 Å². The molecule has 0 saturated heterocycles. The van der Waals surface area contributed by atoms with Crippen LogP contribution in [-0.4, -0.2) is 14.1 Å². The molecule has 0 saturated carbocycles. The van der Waals surface area contributed by atoms with Gasteiger partial charge in [0.15, 0.2) is 0 Å². The first-order valence-corrected chi connectivity index (χ1v) is 10.4. The molecule has 1 aliphatic rings. The summed E-state index contributed by atoms with van der Waals surface area (Å²) in [7, 11) is -4.01. The Balaban J connectivity index is 1.52. The highest BCUT2D eigenvalue weighted by Crippen LogP contribution is 2.33. The third-order valence-electron chi connectivity index (χ3n) is 4.34. The molecule has 142 valence electrons. The molecule has 0 aliphatic heterocycles. The van der Waals surface area contributed by atoms with Gasteiger partial charge in [0.2, 0.25) is 0 Å². The SMILES string of the molecule is O=S(=O)(O/N=C1\Cc2cccc(OCc3ccccc3)c21)c1ccc(Cl)cc1. The smallest absolute Gasteiger partial charge is 0.358 e. The van der Waals surface area contributed by atoms with Crippen molar-refractivity contribution < 1.29 is 17.4 Å². The Morgan fingerprint density at radius 2 is 1.68 bits per heavy atom. The molecule has 28 heavy (non-hydrogen) atoms. The normalized spacial score (nSPS) is 14.2. The third-order valence-corrected chi connectivity index (χ3v) is 5.72. The van der Waals surface area contributed by atoms with E-state index in [1.807, 2.05) is 48.5 Å². The molecule has 0 bridgehead atoms. The van der Waals surface area contributed by atoms with Gasteiger partial charge in [-0.05, 0) is 41.5 Å². The van der Waals surface area contributed by atoms with Gasteiger partial charge < -0.3 is 4.74 Å². The molecule has 0 atom stereocenters. The first-order valence-electron chi connectivity index (χ1n) is 8.58. The van der Waals surface area contributed by atoms with Gasteiger partial charge in [0.1, 0.15) is 17.3 Å². The Bertz CT molecular complexity index is 1130. The van der Waals surface area contributed by atoms with Crippen LogP contribution in [0, 0.1) is 0 Å². The molecule has 0 aromatic heterocycles. The van der Waals surface area contributed by atoms with Crippen LogP contribution in [0.1, 0.15) is 16.7 Å². The predicted octanol–water partition coefficient (Wildman–Crippen LogP) is 4.58. The fourth-order valence-electron chi connectivity index (χ4n) is 2.89. The fourth-order valence-corrected chi connectivity index (χ4v) is 3.75. The highest BCUT2D eigenvalue weighted by molar-refractivity contribution is 7.86. The second kappa shape index (κ2) is 7.66. The van der Waals surface area contributed by atoms with E-state index in [0.717, 1.165) is 16.7 Å². The third kappa shape index (κ3) is 3.88. The second-order valence-electron chi connectivity index (χ2n) is 6.26. The van der Waals surface area contributed by atoms with Crippen molar-refractivity contribution in [1.29, 1.82) is 0 Å². The standard InChI is InChI=1S/C21H16ClNO4S/c22-17-9-11-18(12-10-17)28(24,25)27-23-19-13-16-7-4-8-20(21(16)19)26-14-15-5-2-1-3-6-15/h1-12H,13-14H2/b23-19+. The van der Waals surface area contributed by atoms with Crippen LogP contribution in [0.5, 0.6) is 5.75 Å². The molecule has 0 fully saturated rings. The minimum absolute atomic E-state index is 0.00518. The fraction of sp³-hybridized carbons (Fsp3) is 0.0952. The van der Waals surface area contributed by atoms with E-state index in [2.05, 4.69) is 5.16 Å². The molecule has 7 heteroatoms. The Morgan fingerprint density at radius 1 is 0.929 bits per heavy atom. The monoisotopic (exact) mass is 413 g/mol. The molecule has 4 rings (SSSR count). The Morgan fingerprint density at radius 3 is 2.43 bits per heavy atom. The lowest BCUT2D eigenvalue weighted by Crippen LogP contribution is -2.22. The molecule has 5 nitrogen and oxygen atoms in total. The largest absolute Gasteiger partial charge is 0.488 e. The van der Waals surface area contributed by atoms with Crippen molar-refractivity contribution >= 4 is 27.4 Å². The van der Waals surface area contributed by atoms with Crippen LogP contribution in [0.4, 0.5) is 0 Å². The summed E-state index contributed by atoms with van der Waals surface area (Å²) in [4.78, 5) is -0.00518. The van der Waals surface area contributed by atoms with Crippen LogP contribution < -0.4 is 4.74 Å². The van der Waals surface area contributed by atoms with E-state index in [9.17, 15) is 8.42 Å². The maximum atomic E-state index is 12.3. The summed E-state index contributed by atoms with van der Waals surface area (Å²) in [5.74, 6) is 0.652. The number of halogens is 1. The second-order valence-corrected chi connectivity index (χ2v) is 8.23. The maximum Gasteiger partial charge on any atom is 0.358 e. The maximum absolute atomic E-state index is 12.3. The van der Waals surface area contributed by atoms with Gasteiger partial charge in [-0.1, -0.05) is 59.2 Å². The summed E-state index contributed by atoms with van der Waals surface area (Å²) in [6.45, 7) is 0.411. The van der Waals surface area contributed by atoms with Crippen molar-refractivity contribution in [2.45, 2.75) is 17.9 Å². The molecule has 3 aromatic rings. The Labute approximate surface area is 168 Å². The minimum atomic E-state index is -4.01.